The molecule has 0 aliphatic rings. The largest absolute Gasteiger partial charge is 0.395 e. The summed E-state index contributed by atoms with van der Waals surface area (Å²) in [6.45, 7) is 0.322. The fraction of sp³-hybridized carbons (Fsp3) is 0.300. The third kappa shape index (κ3) is 2.29. The summed E-state index contributed by atoms with van der Waals surface area (Å²) in [6, 6.07) is 4.24. The lowest BCUT2D eigenvalue weighted by molar-refractivity contribution is 0.112. The van der Waals surface area contributed by atoms with Crippen LogP contribution in [-0.4, -0.2) is 31.6 Å². The molecule has 0 aromatic heterocycles. The second-order valence-corrected chi connectivity index (χ2v) is 2.97. The van der Waals surface area contributed by atoms with Crippen molar-refractivity contribution < 1.29 is 14.3 Å². The van der Waals surface area contributed by atoms with Gasteiger partial charge in [0.2, 0.25) is 0 Å². The molecule has 4 heteroatoms. The average Bonchev–Trinajstić information content (AvgIpc) is 2.17. The standard InChI is InChI=1S/C10H12FNO2/c1-12(4-5-13)10-3-2-8(7-14)6-9(10)11/h2-3,6-7,13H,4-5H2,1H3. The Morgan fingerprint density at radius 3 is 2.79 bits per heavy atom. The lowest BCUT2D eigenvalue weighted by atomic mass is 10.2. The highest BCUT2D eigenvalue weighted by molar-refractivity contribution is 5.75. The third-order valence-electron chi connectivity index (χ3n) is 1.95. The van der Waals surface area contributed by atoms with Gasteiger partial charge < -0.3 is 10.0 Å². The van der Waals surface area contributed by atoms with Crippen molar-refractivity contribution in [1.29, 1.82) is 0 Å². The van der Waals surface area contributed by atoms with Crippen LogP contribution in [0, 0.1) is 5.82 Å². The number of anilines is 1. The van der Waals surface area contributed by atoms with Crippen LogP contribution in [0.15, 0.2) is 18.2 Å². The summed E-state index contributed by atoms with van der Waals surface area (Å²) in [5.74, 6) is -0.453. The van der Waals surface area contributed by atoms with Gasteiger partial charge in [-0.3, -0.25) is 4.79 Å². The van der Waals surface area contributed by atoms with E-state index in [2.05, 4.69) is 0 Å². The Hall–Kier alpha value is -1.42. The van der Waals surface area contributed by atoms with E-state index in [-0.39, 0.29) is 6.61 Å². The van der Waals surface area contributed by atoms with Crippen LogP contribution in [0.5, 0.6) is 0 Å². The number of aldehydes is 1. The number of rotatable bonds is 4. The Kier molecular flexibility index (Phi) is 3.59. The van der Waals surface area contributed by atoms with Crippen LogP contribution < -0.4 is 4.90 Å². The molecule has 0 radical (unpaired) electrons. The summed E-state index contributed by atoms with van der Waals surface area (Å²) in [5, 5.41) is 8.67. The monoisotopic (exact) mass is 197 g/mol. The van der Waals surface area contributed by atoms with Crippen LogP contribution in [0.2, 0.25) is 0 Å². The van der Waals surface area contributed by atoms with Crippen LogP contribution in [0.3, 0.4) is 0 Å². The number of hydrogen-bond acceptors (Lipinski definition) is 3. The molecule has 0 saturated carbocycles. The summed E-state index contributed by atoms with van der Waals surface area (Å²) >= 11 is 0. The SMILES string of the molecule is CN(CCO)c1ccc(C=O)cc1F. The zero-order valence-electron chi connectivity index (χ0n) is 7.90. The van der Waals surface area contributed by atoms with Gasteiger partial charge in [-0.25, -0.2) is 4.39 Å². The average molecular weight is 197 g/mol. The van der Waals surface area contributed by atoms with Gasteiger partial charge in [0.1, 0.15) is 12.1 Å². The molecular weight excluding hydrogens is 185 g/mol. The van der Waals surface area contributed by atoms with E-state index < -0.39 is 5.82 Å². The van der Waals surface area contributed by atoms with Gasteiger partial charge in [-0.05, 0) is 18.2 Å². The van der Waals surface area contributed by atoms with Crippen molar-refractivity contribution in [1.82, 2.24) is 0 Å². The van der Waals surface area contributed by atoms with Crippen molar-refractivity contribution in [2.24, 2.45) is 0 Å². The molecule has 1 rings (SSSR count). The minimum absolute atomic E-state index is 0.0363. The molecule has 0 spiro atoms. The Bertz CT molecular complexity index is 328. The predicted molar refractivity (Wildman–Crippen MR) is 52.1 cm³/mol. The Balaban J connectivity index is 2.93. The highest BCUT2D eigenvalue weighted by Crippen LogP contribution is 2.18. The molecule has 0 heterocycles. The molecular formula is C10H12FNO2. The van der Waals surface area contributed by atoms with Crippen LogP contribution in [0.1, 0.15) is 10.4 Å². The zero-order valence-corrected chi connectivity index (χ0v) is 7.90. The fourth-order valence-electron chi connectivity index (χ4n) is 1.18. The van der Waals surface area contributed by atoms with Crippen molar-refractivity contribution in [3.05, 3.63) is 29.6 Å². The van der Waals surface area contributed by atoms with Gasteiger partial charge in [-0.15, -0.1) is 0 Å². The quantitative estimate of drug-likeness (QED) is 0.734. The molecule has 0 unspecified atom stereocenters. The topological polar surface area (TPSA) is 40.5 Å². The second-order valence-electron chi connectivity index (χ2n) is 2.97. The van der Waals surface area contributed by atoms with Crippen molar-refractivity contribution in [2.45, 2.75) is 0 Å². The number of hydrogen-bond donors (Lipinski definition) is 1. The lowest BCUT2D eigenvalue weighted by Gasteiger charge is -2.18. The van der Waals surface area contributed by atoms with Gasteiger partial charge in [-0.2, -0.15) is 0 Å². The van der Waals surface area contributed by atoms with E-state index in [0.29, 0.717) is 24.1 Å². The van der Waals surface area contributed by atoms with E-state index in [1.807, 2.05) is 0 Å². The van der Waals surface area contributed by atoms with Gasteiger partial charge in [0.05, 0.1) is 12.3 Å². The maximum absolute atomic E-state index is 13.3. The number of aliphatic hydroxyl groups excluding tert-OH is 1. The second kappa shape index (κ2) is 4.72. The van der Waals surface area contributed by atoms with Gasteiger partial charge in [0.25, 0.3) is 0 Å². The smallest absolute Gasteiger partial charge is 0.150 e. The van der Waals surface area contributed by atoms with Crippen molar-refractivity contribution in [3.8, 4) is 0 Å². The minimum Gasteiger partial charge on any atom is -0.395 e. The Morgan fingerprint density at radius 2 is 2.29 bits per heavy atom. The number of carbonyl (C=O) groups is 1. The molecule has 76 valence electrons. The number of nitrogens with zero attached hydrogens (tertiary/aromatic N) is 1. The van der Waals surface area contributed by atoms with Crippen molar-refractivity contribution in [3.63, 3.8) is 0 Å². The molecule has 0 saturated heterocycles. The van der Waals surface area contributed by atoms with Crippen LogP contribution >= 0.6 is 0 Å². The maximum Gasteiger partial charge on any atom is 0.150 e. The van der Waals surface area contributed by atoms with E-state index in [0.717, 1.165) is 0 Å². The fourth-order valence-corrected chi connectivity index (χ4v) is 1.18. The van der Waals surface area contributed by atoms with E-state index in [9.17, 15) is 9.18 Å². The summed E-state index contributed by atoms with van der Waals surface area (Å²) in [4.78, 5) is 11.9. The van der Waals surface area contributed by atoms with Gasteiger partial charge >= 0.3 is 0 Å². The number of carbonyl (C=O) groups excluding carboxylic acids is 1. The summed E-state index contributed by atoms with van der Waals surface area (Å²) in [7, 11) is 1.68. The number of benzene rings is 1. The summed E-state index contributed by atoms with van der Waals surface area (Å²) in [5.41, 5.74) is 0.688. The first-order valence-corrected chi connectivity index (χ1v) is 4.25. The van der Waals surface area contributed by atoms with Crippen LogP contribution in [0.4, 0.5) is 10.1 Å². The van der Waals surface area contributed by atoms with Crippen molar-refractivity contribution in [2.75, 3.05) is 25.1 Å². The molecule has 0 amide bonds. The van der Waals surface area contributed by atoms with Gasteiger partial charge in [0, 0.05) is 19.2 Å². The molecule has 0 aliphatic carbocycles. The minimum atomic E-state index is -0.453. The summed E-state index contributed by atoms with van der Waals surface area (Å²) < 4.78 is 13.3. The first-order valence-electron chi connectivity index (χ1n) is 4.25. The van der Waals surface area contributed by atoms with E-state index >= 15 is 0 Å². The Morgan fingerprint density at radius 1 is 1.57 bits per heavy atom. The molecule has 1 N–H and O–H groups in total. The molecule has 0 aliphatic heterocycles. The van der Waals surface area contributed by atoms with E-state index in [1.165, 1.54) is 12.1 Å². The molecule has 1 aromatic rings. The highest BCUT2D eigenvalue weighted by atomic mass is 19.1. The molecule has 14 heavy (non-hydrogen) atoms. The molecule has 1 aromatic carbocycles. The number of halogens is 1. The number of likely N-dealkylation sites (N-methyl/N-ethyl adjacent to an activating group) is 1. The van der Waals surface area contributed by atoms with Crippen LogP contribution in [0.25, 0.3) is 0 Å². The predicted octanol–water partition coefficient (Wildman–Crippen LogP) is 1.07. The highest BCUT2D eigenvalue weighted by Gasteiger charge is 2.07. The molecule has 0 atom stereocenters. The summed E-state index contributed by atoms with van der Waals surface area (Å²) in [6.07, 6.45) is 0.596. The van der Waals surface area contributed by atoms with Crippen LogP contribution in [-0.2, 0) is 0 Å². The van der Waals surface area contributed by atoms with Gasteiger partial charge in [0.15, 0.2) is 0 Å². The maximum atomic E-state index is 13.3. The molecule has 0 bridgehead atoms. The zero-order chi connectivity index (χ0) is 10.6. The first-order chi connectivity index (χ1) is 6.69. The van der Waals surface area contributed by atoms with E-state index in [1.54, 1.807) is 18.0 Å². The third-order valence-corrected chi connectivity index (χ3v) is 1.95. The number of aliphatic hydroxyl groups is 1. The van der Waals surface area contributed by atoms with Gasteiger partial charge in [-0.1, -0.05) is 0 Å². The molecule has 0 fully saturated rings. The lowest BCUT2D eigenvalue weighted by Crippen LogP contribution is -2.22. The molecule has 3 nitrogen and oxygen atoms in total. The normalized spacial score (nSPS) is 9.93. The first kappa shape index (κ1) is 10.7. The van der Waals surface area contributed by atoms with Crippen molar-refractivity contribution >= 4 is 12.0 Å². The Labute approximate surface area is 81.8 Å². The van der Waals surface area contributed by atoms with E-state index in [4.69, 9.17) is 5.11 Å².